The molecule has 1 aromatic heterocycles. The minimum absolute atomic E-state index is 0.0613. The summed E-state index contributed by atoms with van der Waals surface area (Å²) in [6.45, 7) is 14.3. The van der Waals surface area contributed by atoms with E-state index >= 15 is 0 Å². The molecule has 214 valence electrons. The molecule has 8 nitrogen and oxygen atoms in total. The Kier molecular flexibility index (Phi) is 10.6. The minimum Gasteiger partial charge on any atom is -0.444 e. The fraction of sp³-hybridized carbons (Fsp3) is 0.567. The van der Waals surface area contributed by atoms with Crippen molar-refractivity contribution in [1.82, 2.24) is 20.1 Å². The highest BCUT2D eigenvalue weighted by Crippen LogP contribution is 2.26. The molecule has 1 N–H and O–H groups in total. The Morgan fingerprint density at radius 3 is 2.41 bits per heavy atom. The number of carbonyl (C=O) groups is 2. The van der Waals surface area contributed by atoms with E-state index in [0.717, 1.165) is 37.1 Å². The first kappa shape index (κ1) is 30.7. The number of hydrogen-bond acceptors (Lipinski definition) is 6. The third-order valence-electron chi connectivity index (χ3n) is 6.19. The highest BCUT2D eigenvalue weighted by atomic mass is 35.5. The number of hydrogen-bond donors (Lipinski definition) is 1. The van der Waals surface area contributed by atoms with Crippen LogP contribution in [0.1, 0.15) is 71.2 Å². The molecule has 0 bridgehead atoms. The van der Waals surface area contributed by atoms with Crippen LogP contribution in [0.25, 0.3) is 0 Å². The van der Waals surface area contributed by atoms with Gasteiger partial charge in [0, 0.05) is 37.4 Å². The van der Waals surface area contributed by atoms with Crippen LogP contribution in [0.4, 0.5) is 9.59 Å². The molecule has 1 unspecified atom stereocenters. The first-order valence-electron chi connectivity index (χ1n) is 13.6. The summed E-state index contributed by atoms with van der Waals surface area (Å²) in [4.78, 5) is 33.9. The van der Waals surface area contributed by atoms with Gasteiger partial charge >= 0.3 is 12.2 Å². The molecule has 39 heavy (non-hydrogen) atoms. The number of halogens is 1. The van der Waals surface area contributed by atoms with Crippen LogP contribution in [0.2, 0.25) is 5.02 Å². The molecule has 2 heterocycles. The van der Waals surface area contributed by atoms with Crippen molar-refractivity contribution in [2.45, 2.75) is 91.1 Å². The van der Waals surface area contributed by atoms with Crippen molar-refractivity contribution >= 4 is 23.8 Å². The Labute approximate surface area is 238 Å². The third kappa shape index (κ3) is 10.7. The van der Waals surface area contributed by atoms with E-state index in [1.54, 1.807) is 12.3 Å². The van der Waals surface area contributed by atoms with Gasteiger partial charge in [0.05, 0.1) is 11.7 Å². The van der Waals surface area contributed by atoms with Gasteiger partial charge in [-0.2, -0.15) is 0 Å². The number of unbranched alkanes of at least 4 members (excludes halogenated alkanes) is 1. The number of fused-ring (bicyclic) bond motifs is 1. The second kappa shape index (κ2) is 13.5. The van der Waals surface area contributed by atoms with Crippen molar-refractivity contribution < 1.29 is 19.1 Å². The van der Waals surface area contributed by atoms with Gasteiger partial charge in [-0.25, -0.2) is 9.59 Å². The van der Waals surface area contributed by atoms with Crippen molar-refractivity contribution in [3.05, 3.63) is 64.4 Å². The second-order valence-electron chi connectivity index (χ2n) is 12.1. The van der Waals surface area contributed by atoms with E-state index in [1.807, 2.05) is 64.6 Å². The van der Waals surface area contributed by atoms with Crippen molar-refractivity contribution in [3.63, 3.8) is 0 Å². The molecular formula is C30H43ClN4O4. The van der Waals surface area contributed by atoms with Crippen LogP contribution < -0.4 is 5.32 Å². The van der Waals surface area contributed by atoms with Gasteiger partial charge in [-0.05, 0) is 90.6 Å². The van der Waals surface area contributed by atoms with Gasteiger partial charge in [0.2, 0.25) is 0 Å². The summed E-state index contributed by atoms with van der Waals surface area (Å²) < 4.78 is 11.1. The van der Waals surface area contributed by atoms with Gasteiger partial charge in [0.25, 0.3) is 0 Å². The zero-order valence-corrected chi connectivity index (χ0v) is 24.9. The lowest BCUT2D eigenvalue weighted by atomic mass is 9.94. The molecule has 9 heteroatoms. The second-order valence-corrected chi connectivity index (χ2v) is 12.5. The van der Waals surface area contributed by atoms with Crippen molar-refractivity contribution in [2.75, 3.05) is 19.6 Å². The predicted molar refractivity (Wildman–Crippen MR) is 154 cm³/mol. The van der Waals surface area contributed by atoms with Crippen molar-refractivity contribution in [1.29, 1.82) is 0 Å². The number of rotatable bonds is 9. The number of amides is 2. The lowest BCUT2D eigenvalue weighted by Gasteiger charge is -2.40. The van der Waals surface area contributed by atoms with Crippen LogP contribution >= 0.6 is 11.6 Å². The molecule has 0 radical (unpaired) electrons. The molecule has 1 aromatic carbocycles. The van der Waals surface area contributed by atoms with Crippen LogP contribution in [0.15, 0.2) is 42.6 Å². The summed E-state index contributed by atoms with van der Waals surface area (Å²) in [7, 11) is 0. The smallest absolute Gasteiger partial charge is 0.410 e. The SMILES string of the molecule is CC(C)(C)OC(=O)NCCCCN(Cc1cc(Cl)ccn1)CC1Cc2ccccc2CN1C(=O)OC(C)(C)C. The number of nitrogens with one attached hydrogen (secondary N) is 1. The van der Waals surface area contributed by atoms with E-state index < -0.39 is 17.3 Å². The van der Waals surface area contributed by atoms with E-state index in [2.05, 4.69) is 27.3 Å². The summed E-state index contributed by atoms with van der Waals surface area (Å²) in [6.07, 6.45) is 3.40. The molecule has 0 aliphatic carbocycles. The topological polar surface area (TPSA) is 84.0 Å². The van der Waals surface area contributed by atoms with Gasteiger partial charge in [-0.1, -0.05) is 35.9 Å². The Balaban J connectivity index is 1.71. The van der Waals surface area contributed by atoms with Crippen molar-refractivity contribution in [2.24, 2.45) is 0 Å². The Morgan fingerprint density at radius 1 is 1.05 bits per heavy atom. The fourth-order valence-electron chi connectivity index (χ4n) is 4.55. The standard InChI is InChI=1S/C30H43ClN4O4/c1-29(2,3)38-27(36)33-14-9-10-16-34(20-25-18-24(31)13-15-32-25)21-26-17-22-11-7-8-12-23(22)19-35(26)28(37)39-30(4,5)6/h7-8,11-13,15,18,26H,9-10,14,16-17,19-21H2,1-6H3,(H,33,36). The molecule has 2 amide bonds. The summed E-state index contributed by atoms with van der Waals surface area (Å²) in [5.41, 5.74) is 2.17. The average molecular weight is 559 g/mol. The third-order valence-corrected chi connectivity index (χ3v) is 6.42. The lowest BCUT2D eigenvalue weighted by Crippen LogP contribution is -2.51. The normalized spacial score (nSPS) is 15.6. The number of benzene rings is 1. The number of alkyl carbamates (subject to hydrolysis) is 1. The maximum absolute atomic E-state index is 13.3. The Bertz CT molecular complexity index is 1110. The number of aromatic nitrogens is 1. The molecule has 3 rings (SSSR count). The molecule has 0 saturated carbocycles. The molecule has 1 aliphatic rings. The van der Waals surface area contributed by atoms with Crippen LogP contribution in [-0.4, -0.2) is 63.8 Å². The van der Waals surface area contributed by atoms with Gasteiger partial charge in [0.1, 0.15) is 11.2 Å². The van der Waals surface area contributed by atoms with Crippen LogP contribution in [0, 0.1) is 0 Å². The lowest BCUT2D eigenvalue weighted by molar-refractivity contribution is 0.00708. The summed E-state index contributed by atoms with van der Waals surface area (Å²) >= 11 is 6.24. The van der Waals surface area contributed by atoms with E-state index in [4.69, 9.17) is 21.1 Å². The number of carbonyl (C=O) groups excluding carboxylic acids is 2. The summed E-state index contributed by atoms with van der Waals surface area (Å²) in [6, 6.07) is 11.8. The highest BCUT2D eigenvalue weighted by Gasteiger charge is 2.34. The first-order valence-corrected chi connectivity index (χ1v) is 14.0. The highest BCUT2D eigenvalue weighted by molar-refractivity contribution is 6.30. The van der Waals surface area contributed by atoms with Gasteiger partial charge in [-0.15, -0.1) is 0 Å². The molecule has 2 aromatic rings. The number of ether oxygens (including phenoxy) is 2. The molecule has 1 atom stereocenters. The van der Waals surface area contributed by atoms with E-state index in [9.17, 15) is 9.59 Å². The summed E-state index contributed by atoms with van der Waals surface area (Å²) in [5, 5.41) is 3.47. The van der Waals surface area contributed by atoms with Gasteiger partial charge in [-0.3, -0.25) is 14.8 Å². The monoisotopic (exact) mass is 558 g/mol. The van der Waals surface area contributed by atoms with Crippen molar-refractivity contribution in [3.8, 4) is 0 Å². The van der Waals surface area contributed by atoms with Gasteiger partial charge < -0.3 is 14.8 Å². The zero-order valence-electron chi connectivity index (χ0n) is 24.1. The Hall–Kier alpha value is -2.84. The predicted octanol–water partition coefficient (Wildman–Crippen LogP) is 6.20. The van der Waals surface area contributed by atoms with E-state index in [-0.39, 0.29) is 12.1 Å². The molecule has 0 spiro atoms. The minimum atomic E-state index is -0.579. The maximum atomic E-state index is 13.3. The van der Waals surface area contributed by atoms with E-state index in [0.29, 0.717) is 31.2 Å². The quantitative estimate of drug-likeness (QED) is 0.369. The first-order chi connectivity index (χ1) is 18.3. The zero-order chi connectivity index (χ0) is 28.6. The maximum Gasteiger partial charge on any atom is 0.410 e. The number of nitrogens with zero attached hydrogens (tertiary/aromatic N) is 3. The molecule has 1 aliphatic heterocycles. The number of pyridine rings is 1. The van der Waals surface area contributed by atoms with Crippen LogP contribution in [0.3, 0.4) is 0 Å². The molecule has 0 saturated heterocycles. The Morgan fingerprint density at radius 2 is 1.74 bits per heavy atom. The van der Waals surface area contributed by atoms with Crippen LogP contribution in [0.5, 0.6) is 0 Å². The molecular weight excluding hydrogens is 516 g/mol. The van der Waals surface area contributed by atoms with E-state index in [1.165, 1.54) is 5.56 Å². The van der Waals surface area contributed by atoms with Gasteiger partial charge in [0.15, 0.2) is 0 Å². The molecule has 0 fully saturated rings. The fourth-order valence-corrected chi connectivity index (χ4v) is 4.73. The van der Waals surface area contributed by atoms with Crippen LogP contribution in [-0.2, 0) is 29.0 Å². The largest absolute Gasteiger partial charge is 0.444 e. The summed E-state index contributed by atoms with van der Waals surface area (Å²) in [5.74, 6) is 0. The average Bonchev–Trinajstić information content (AvgIpc) is 2.81.